The van der Waals surface area contributed by atoms with Crippen LogP contribution in [0.4, 0.5) is 10.3 Å². The van der Waals surface area contributed by atoms with Crippen molar-refractivity contribution < 1.29 is 4.39 Å². The number of nitrogens with one attached hydrogen (secondary N) is 1. The number of aryl methyl sites for hydroxylation is 1. The van der Waals surface area contributed by atoms with Crippen LogP contribution in [0.25, 0.3) is 0 Å². The maximum Gasteiger partial charge on any atom is 0.223 e. The molecule has 3 nitrogen and oxygen atoms in total. The number of benzene rings is 1. The lowest BCUT2D eigenvalue weighted by molar-refractivity contribution is 0.580. The van der Waals surface area contributed by atoms with Crippen LogP contribution < -0.4 is 5.32 Å². The summed E-state index contributed by atoms with van der Waals surface area (Å²) in [6.45, 7) is 2.04. The summed E-state index contributed by atoms with van der Waals surface area (Å²) in [7, 11) is 1.71. The van der Waals surface area contributed by atoms with Crippen molar-refractivity contribution in [3.63, 3.8) is 0 Å². The molecule has 5 heteroatoms. The highest BCUT2D eigenvalue weighted by atomic mass is 32.2. The van der Waals surface area contributed by atoms with E-state index in [2.05, 4.69) is 21.4 Å². The molecule has 0 saturated carbocycles. The molecule has 0 bridgehead atoms. The third-order valence-electron chi connectivity index (χ3n) is 2.39. The lowest BCUT2D eigenvalue weighted by Crippen LogP contribution is -1.99. The van der Waals surface area contributed by atoms with Gasteiger partial charge in [-0.2, -0.15) is 0 Å². The Morgan fingerprint density at radius 2 is 2.22 bits per heavy atom. The second kappa shape index (κ2) is 5.82. The monoisotopic (exact) mass is 263 g/mol. The predicted octanol–water partition coefficient (Wildman–Crippen LogP) is 3.26. The van der Waals surface area contributed by atoms with Crippen LogP contribution in [0.2, 0.25) is 0 Å². The molecule has 1 aromatic carbocycles. The number of hydrogen-bond acceptors (Lipinski definition) is 4. The smallest absolute Gasteiger partial charge is 0.223 e. The van der Waals surface area contributed by atoms with Gasteiger partial charge in [-0.05, 0) is 12.5 Å². The molecule has 2 rings (SSSR count). The fourth-order valence-corrected chi connectivity index (χ4v) is 2.35. The molecule has 0 saturated heterocycles. The summed E-state index contributed by atoms with van der Waals surface area (Å²) in [4.78, 5) is 7.91. The molecule has 18 heavy (non-hydrogen) atoms. The van der Waals surface area contributed by atoms with Crippen molar-refractivity contribution in [2.45, 2.75) is 17.7 Å². The van der Waals surface area contributed by atoms with Gasteiger partial charge >= 0.3 is 0 Å². The standard InChI is InChI=1S/C13H14FN3S/c1-9-4-3-5-10(6-9)8-18-12-11(14)7-16-13(15-2)17-12/h3-7H,8H2,1-2H3,(H,15,16,17). The first kappa shape index (κ1) is 12.8. The Labute approximate surface area is 110 Å². The molecular formula is C13H14FN3S. The van der Waals surface area contributed by atoms with Gasteiger partial charge in [0.2, 0.25) is 5.95 Å². The van der Waals surface area contributed by atoms with Crippen molar-refractivity contribution in [1.82, 2.24) is 9.97 Å². The molecule has 0 radical (unpaired) electrons. The minimum Gasteiger partial charge on any atom is -0.357 e. The Balaban J connectivity index is 2.10. The quantitative estimate of drug-likeness (QED) is 0.678. The van der Waals surface area contributed by atoms with E-state index in [1.165, 1.54) is 23.5 Å². The third-order valence-corrected chi connectivity index (χ3v) is 3.43. The van der Waals surface area contributed by atoms with E-state index < -0.39 is 0 Å². The molecule has 0 spiro atoms. The van der Waals surface area contributed by atoms with Gasteiger partial charge in [0.15, 0.2) is 5.82 Å². The van der Waals surface area contributed by atoms with Gasteiger partial charge in [0.1, 0.15) is 5.03 Å². The molecule has 1 aromatic heterocycles. The van der Waals surface area contributed by atoms with E-state index >= 15 is 0 Å². The molecule has 2 aromatic rings. The van der Waals surface area contributed by atoms with Gasteiger partial charge in [0, 0.05) is 12.8 Å². The molecule has 0 fully saturated rings. The van der Waals surface area contributed by atoms with Crippen LogP contribution >= 0.6 is 11.8 Å². The first-order chi connectivity index (χ1) is 8.69. The summed E-state index contributed by atoms with van der Waals surface area (Å²) in [6, 6.07) is 8.16. The molecule has 1 N–H and O–H groups in total. The van der Waals surface area contributed by atoms with E-state index in [4.69, 9.17) is 0 Å². The van der Waals surface area contributed by atoms with Crippen LogP contribution in [0.5, 0.6) is 0 Å². The zero-order valence-corrected chi connectivity index (χ0v) is 11.1. The largest absolute Gasteiger partial charge is 0.357 e. The van der Waals surface area contributed by atoms with Gasteiger partial charge in [0.25, 0.3) is 0 Å². The molecule has 0 aliphatic rings. The normalized spacial score (nSPS) is 10.4. The fraction of sp³-hybridized carbons (Fsp3) is 0.231. The number of anilines is 1. The number of aromatic nitrogens is 2. The zero-order chi connectivity index (χ0) is 13.0. The summed E-state index contributed by atoms with van der Waals surface area (Å²) < 4.78 is 13.5. The van der Waals surface area contributed by atoms with Crippen molar-refractivity contribution in [3.05, 3.63) is 47.4 Å². The van der Waals surface area contributed by atoms with Gasteiger partial charge in [-0.3, -0.25) is 0 Å². The second-order valence-corrected chi connectivity index (χ2v) is 4.84. The summed E-state index contributed by atoms with van der Waals surface area (Å²) in [5, 5.41) is 3.17. The van der Waals surface area contributed by atoms with Crippen LogP contribution in [0, 0.1) is 12.7 Å². The van der Waals surface area contributed by atoms with Crippen molar-refractivity contribution in [2.75, 3.05) is 12.4 Å². The van der Waals surface area contributed by atoms with E-state index in [-0.39, 0.29) is 5.82 Å². The minimum atomic E-state index is -0.383. The Hall–Kier alpha value is -1.62. The molecule has 0 amide bonds. The third kappa shape index (κ3) is 3.20. The number of thioether (sulfide) groups is 1. The van der Waals surface area contributed by atoms with Gasteiger partial charge in [-0.15, -0.1) is 0 Å². The Morgan fingerprint density at radius 1 is 1.39 bits per heavy atom. The maximum atomic E-state index is 13.5. The zero-order valence-electron chi connectivity index (χ0n) is 10.3. The summed E-state index contributed by atoms with van der Waals surface area (Å²) >= 11 is 1.37. The predicted molar refractivity (Wildman–Crippen MR) is 72.3 cm³/mol. The highest BCUT2D eigenvalue weighted by Gasteiger charge is 2.07. The van der Waals surface area contributed by atoms with Crippen molar-refractivity contribution >= 4 is 17.7 Å². The average Bonchev–Trinajstić information content (AvgIpc) is 2.38. The molecule has 0 aliphatic carbocycles. The van der Waals surface area contributed by atoms with E-state index in [9.17, 15) is 4.39 Å². The summed E-state index contributed by atoms with van der Waals surface area (Å²) in [5.41, 5.74) is 2.36. The first-order valence-electron chi connectivity index (χ1n) is 5.57. The van der Waals surface area contributed by atoms with Crippen molar-refractivity contribution in [2.24, 2.45) is 0 Å². The van der Waals surface area contributed by atoms with Gasteiger partial charge in [-0.25, -0.2) is 14.4 Å². The lowest BCUT2D eigenvalue weighted by atomic mass is 10.2. The summed E-state index contributed by atoms with van der Waals surface area (Å²) in [5.74, 6) is 0.744. The number of halogens is 1. The molecule has 0 unspecified atom stereocenters. The molecular weight excluding hydrogens is 249 g/mol. The Morgan fingerprint density at radius 3 is 2.94 bits per heavy atom. The van der Waals surface area contributed by atoms with Crippen LogP contribution in [0.15, 0.2) is 35.5 Å². The molecule has 0 atom stereocenters. The van der Waals surface area contributed by atoms with Crippen LogP contribution in [0.3, 0.4) is 0 Å². The second-order valence-electron chi connectivity index (χ2n) is 3.87. The van der Waals surface area contributed by atoms with E-state index in [0.717, 1.165) is 5.56 Å². The molecule has 1 heterocycles. The number of nitrogens with zero attached hydrogens (tertiary/aromatic N) is 2. The average molecular weight is 263 g/mol. The van der Waals surface area contributed by atoms with Crippen LogP contribution in [-0.4, -0.2) is 17.0 Å². The lowest BCUT2D eigenvalue weighted by Gasteiger charge is -2.05. The van der Waals surface area contributed by atoms with Crippen LogP contribution in [-0.2, 0) is 5.75 Å². The summed E-state index contributed by atoms with van der Waals surface area (Å²) in [6.07, 6.45) is 1.19. The van der Waals surface area contributed by atoms with Gasteiger partial charge < -0.3 is 5.32 Å². The number of rotatable bonds is 4. The van der Waals surface area contributed by atoms with Gasteiger partial charge in [-0.1, -0.05) is 41.6 Å². The molecule has 0 aliphatic heterocycles. The minimum absolute atomic E-state index is 0.371. The van der Waals surface area contributed by atoms with Crippen molar-refractivity contribution in [1.29, 1.82) is 0 Å². The maximum absolute atomic E-state index is 13.5. The van der Waals surface area contributed by atoms with Crippen molar-refractivity contribution in [3.8, 4) is 0 Å². The fourth-order valence-electron chi connectivity index (χ4n) is 1.53. The SMILES string of the molecule is CNc1ncc(F)c(SCc2cccc(C)c2)n1. The Bertz CT molecular complexity index is 546. The first-order valence-corrected chi connectivity index (χ1v) is 6.56. The van der Waals surface area contributed by atoms with E-state index in [1.807, 2.05) is 25.1 Å². The molecule has 94 valence electrons. The topological polar surface area (TPSA) is 37.8 Å². The van der Waals surface area contributed by atoms with Crippen LogP contribution in [0.1, 0.15) is 11.1 Å². The Kier molecular flexibility index (Phi) is 4.15. The highest BCUT2D eigenvalue weighted by molar-refractivity contribution is 7.98. The number of hydrogen-bond donors (Lipinski definition) is 1. The highest BCUT2D eigenvalue weighted by Crippen LogP contribution is 2.24. The van der Waals surface area contributed by atoms with E-state index in [1.54, 1.807) is 7.05 Å². The van der Waals surface area contributed by atoms with Gasteiger partial charge in [0.05, 0.1) is 6.20 Å². The van der Waals surface area contributed by atoms with E-state index in [0.29, 0.717) is 16.7 Å².